The van der Waals surface area contributed by atoms with Crippen molar-refractivity contribution in [2.75, 3.05) is 6.61 Å². The molecule has 0 fully saturated rings. The van der Waals surface area contributed by atoms with Crippen LogP contribution in [-0.2, 0) is 27.1 Å². The predicted octanol–water partition coefficient (Wildman–Crippen LogP) is 2.50. The van der Waals surface area contributed by atoms with Crippen molar-refractivity contribution in [2.24, 2.45) is 14.1 Å². The Bertz CT molecular complexity index is 1190. The summed E-state index contributed by atoms with van der Waals surface area (Å²) in [4.78, 5) is 25.6. The van der Waals surface area contributed by atoms with Crippen molar-refractivity contribution >= 4 is 11.0 Å². The van der Waals surface area contributed by atoms with Gasteiger partial charge < -0.3 is 9.67 Å². The maximum atomic E-state index is 13.0. The van der Waals surface area contributed by atoms with E-state index in [-0.39, 0.29) is 25.1 Å². The molecule has 0 aliphatic heterocycles. The Labute approximate surface area is 164 Å². The van der Waals surface area contributed by atoms with E-state index < -0.39 is 23.8 Å². The van der Waals surface area contributed by atoms with E-state index in [2.05, 4.69) is 0 Å². The van der Waals surface area contributed by atoms with Crippen LogP contribution in [0.4, 0.5) is 13.2 Å². The lowest BCUT2D eigenvalue weighted by atomic mass is 10.0. The van der Waals surface area contributed by atoms with Crippen LogP contribution in [-0.4, -0.2) is 31.6 Å². The van der Waals surface area contributed by atoms with Gasteiger partial charge in [0.1, 0.15) is 5.52 Å². The summed E-state index contributed by atoms with van der Waals surface area (Å²) in [5.41, 5.74) is 1.62. The topological polar surface area (TPSA) is 69.2 Å². The minimum atomic E-state index is -4.32. The summed E-state index contributed by atoms with van der Waals surface area (Å²) in [5.74, 6) is 0. The molecule has 3 aromatic rings. The monoisotopic (exact) mass is 409 g/mol. The third-order valence-electron chi connectivity index (χ3n) is 5.05. The smallest absolute Gasteiger partial charge is 0.393 e. The Kier molecular flexibility index (Phi) is 5.44. The number of aliphatic hydroxyl groups excluding tert-OH is 1. The second-order valence-corrected chi connectivity index (χ2v) is 7.10. The van der Waals surface area contributed by atoms with E-state index in [0.29, 0.717) is 27.9 Å². The van der Waals surface area contributed by atoms with Gasteiger partial charge in [-0.3, -0.25) is 13.9 Å². The summed E-state index contributed by atoms with van der Waals surface area (Å²) in [6.45, 7) is 1.67. The van der Waals surface area contributed by atoms with Gasteiger partial charge in [0, 0.05) is 27.2 Å². The van der Waals surface area contributed by atoms with Gasteiger partial charge in [-0.05, 0) is 36.1 Å². The predicted molar refractivity (Wildman–Crippen MR) is 104 cm³/mol. The molecule has 2 aromatic heterocycles. The van der Waals surface area contributed by atoms with Gasteiger partial charge in [-0.1, -0.05) is 18.2 Å². The van der Waals surface area contributed by atoms with E-state index in [1.54, 1.807) is 37.7 Å². The molecule has 0 aliphatic carbocycles. The number of benzene rings is 1. The normalized spacial score (nSPS) is 12.1. The molecule has 0 unspecified atom stereocenters. The highest BCUT2D eigenvalue weighted by atomic mass is 19.4. The minimum absolute atomic E-state index is 0.0819. The van der Waals surface area contributed by atoms with Crippen molar-refractivity contribution in [1.29, 1.82) is 0 Å². The number of aliphatic hydroxyl groups is 1. The molecule has 29 heavy (non-hydrogen) atoms. The summed E-state index contributed by atoms with van der Waals surface area (Å²) in [6, 6.07) is 6.10. The highest BCUT2D eigenvalue weighted by molar-refractivity contribution is 5.88. The number of hydrogen-bond acceptors (Lipinski definition) is 3. The summed E-state index contributed by atoms with van der Waals surface area (Å²) in [7, 11) is 3.21. The first kappa shape index (κ1) is 20.9. The first-order valence-electron chi connectivity index (χ1n) is 9.12. The Balaban J connectivity index is 2.28. The van der Waals surface area contributed by atoms with Crippen molar-refractivity contribution < 1.29 is 18.3 Å². The summed E-state index contributed by atoms with van der Waals surface area (Å²) < 4.78 is 42.4. The maximum absolute atomic E-state index is 13.0. The van der Waals surface area contributed by atoms with Crippen molar-refractivity contribution in [3.05, 3.63) is 56.2 Å². The fourth-order valence-electron chi connectivity index (χ4n) is 3.85. The summed E-state index contributed by atoms with van der Waals surface area (Å²) >= 11 is 0. The Morgan fingerprint density at radius 3 is 2.38 bits per heavy atom. The van der Waals surface area contributed by atoms with E-state index in [4.69, 9.17) is 5.11 Å². The molecule has 0 amide bonds. The molecular weight excluding hydrogens is 387 g/mol. The lowest BCUT2D eigenvalue weighted by Gasteiger charge is -2.10. The number of halogens is 3. The quantitative estimate of drug-likeness (QED) is 0.704. The molecule has 6 nitrogen and oxygen atoms in total. The van der Waals surface area contributed by atoms with Crippen molar-refractivity contribution in [1.82, 2.24) is 13.7 Å². The van der Waals surface area contributed by atoms with Crippen LogP contribution in [0.2, 0.25) is 0 Å². The van der Waals surface area contributed by atoms with E-state index in [9.17, 15) is 22.8 Å². The second kappa shape index (κ2) is 7.55. The zero-order chi connectivity index (χ0) is 21.5. The second-order valence-electron chi connectivity index (χ2n) is 7.10. The van der Waals surface area contributed by atoms with Crippen molar-refractivity contribution in [2.45, 2.75) is 32.5 Å². The molecule has 9 heteroatoms. The molecule has 0 radical (unpaired) electrons. The zero-order valence-electron chi connectivity index (χ0n) is 16.4. The van der Waals surface area contributed by atoms with E-state index in [0.717, 1.165) is 4.57 Å². The number of nitrogens with zero attached hydrogens (tertiary/aromatic N) is 3. The highest BCUT2D eigenvalue weighted by Gasteiger charge is 2.28. The van der Waals surface area contributed by atoms with Crippen LogP contribution in [0, 0.1) is 6.92 Å². The average molecular weight is 409 g/mol. The fourth-order valence-corrected chi connectivity index (χ4v) is 3.85. The van der Waals surface area contributed by atoms with Crippen LogP contribution >= 0.6 is 0 Å². The molecule has 0 bridgehead atoms. The fraction of sp³-hybridized carbons (Fsp3) is 0.400. The standard InChI is InChI=1S/C20H22F3N3O3/c1-12-15(14-7-4-6-13(10-14)11-20(21,22)23)24(2)17-16(12)25(3)19(29)26(18(17)28)8-5-9-27/h4,6-7,10,27H,5,8-9,11H2,1-3H3. The SMILES string of the molecule is Cc1c(-c2cccc(CC(F)(F)F)c2)n(C)c2c(=O)n(CCCO)c(=O)n(C)c12. The lowest BCUT2D eigenvalue weighted by Crippen LogP contribution is -2.39. The average Bonchev–Trinajstić information content (AvgIpc) is 2.89. The molecule has 1 N–H and O–H groups in total. The highest BCUT2D eigenvalue weighted by Crippen LogP contribution is 2.32. The first-order valence-corrected chi connectivity index (χ1v) is 9.12. The van der Waals surface area contributed by atoms with Crippen LogP contribution in [0.3, 0.4) is 0 Å². The van der Waals surface area contributed by atoms with Crippen LogP contribution < -0.4 is 11.2 Å². The maximum Gasteiger partial charge on any atom is 0.393 e. The van der Waals surface area contributed by atoms with Gasteiger partial charge in [-0.15, -0.1) is 0 Å². The van der Waals surface area contributed by atoms with Gasteiger partial charge in [0.05, 0.1) is 17.6 Å². The summed E-state index contributed by atoms with van der Waals surface area (Å²) in [6.07, 6.45) is -5.11. The Morgan fingerprint density at radius 2 is 1.76 bits per heavy atom. The van der Waals surface area contributed by atoms with Crippen molar-refractivity contribution in [3.63, 3.8) is 0 Å². The molecular formula is C20H22F3N3O3. The molecule has 0 saturated carbocycles. The molecule has 3 rings (SSSR count). The van der Waals surface area contributed by atoms with Crippen LogP contribution in [0.15, 0.2) is 33.9 Å². The largest absolute Gasteiger partial charge is 0.396 e. The van der Waals surface area contributed by atoms with Crippen LogP contribution in [0.5, 0.6) is 0 Å². The minimum Gasteiger partial charge on any atom is -0.396 e. The number of aryl methyl sites for hydroxylation is 3. The zero-order valence-corrected chi connectivity index (χ0v) is 16.4. The molecule has 2 heterocycles. The number of alkyl halides is 3. The van der Waals surface area contributed by atoms with Crippen LogP contribution in [0.1, 0.15) is 17.5 Å². The molecule has 156 valence electrons. The van der Waals surface area contributed by atoms with Gasteiger partial charge in [0.2, 0.25) is 0 Å². The lowest BCUT2D eigenvalue weighted by molar-refractivity contribution is -0.127. The third-order valence-corrected chi connectivity index (χ3v) is 5.05. The number of aromatic nitrogens is 3. The van der Waals surface area contributed by atoms with Crippen molar-refractivity contribution in [3.8, 4) is 11.3 Å². The Morgan fingerprint density at radius 1 is 1.07 bits per heavy atom. The number of rotatable bonds is 5. The van der Waals surface area contributed by atoms with Crippen LogP contribution in [0.25, 0.3) is 22.3 Å². The van der Waals surface area contributed by atoms with Gasteiger partial charge in [-0.2, -0.15) is 13.2 Å². The van der Waals surface area contributed by atoms with E-state index in [1.807, 2.05) is 0 Å². The van der Waals surface area contributed by atoms with E-state index in [1.165, 1.54) is 16.7 Å². The van der Waals surface area contributed by atoms with Gasteiger partial charge in [0.25, 0.3) is 5.56 Å². The third kappa shape index (κ3) is 3.74. The Hall–Kier alpha value is -2.81. The summed E-state index contributed by atoms with van der Waals surface area (Å²) in [5, 5.41) is 9.04. The molecule has 0 spiro atoms. The number of hydrogen-bond donors (Lipinski definition) is 1. The molecule has 0 saturated heterocycles. The van der Waals surface area contributed by atoms with Gasteiger partial charge >= 0.3 is 11.9 Å². The molecule has 1 aromatic carbocycles. The first-order chi connectivity index (χ1) is 13.6. The molecule has 0 aliphatic rings. The van der Waals surface area contributed by atoms with E-state index >= 15 is 0 Å². The number of fused-ring (bicyclic) bond motifs is 1. The van der Waals surface area contributed by atoms with Gasteiger partial charge in [-0.25, -0.2) is 4.79 Å². The van der Waals surface area contributed by atoms with Gasteiger partial charge in [0.15, 0.2) is 0 Å². The molecule has 0 atom stereocenters.